The van der Waals surface area contributed by atoms with Gasteiger partial charge in [-0.15, -0.1) is 0 Å². The van der Waals surface area contributed by atoms with Crippen LogP contribution in [0.1, 0.15) is 84.6 Å². The third-order valence-corrected chi connectivity index (χ3v) is 16.5. The number of esters is 1. The number of rotatable bonds is 13. The molecule has 2 atom stereocenters. The number of hydrogen-bond acceptors (Lipinski definition) is 5. The second-order valence-electron chi connectivity index (χ2n) is 12.6. The molecular formula is C30H50O5Si2. The van der Waals surface area contributed by atoms with Crippen LogP contribution in [-0.2, 0) is 23.2 Å². The topological polar surface area (TPSA) is 61.8 Å². The summed E-state index contributed by atoms with van der Waals surface area (Å²) in [7, 11) is -4.16. The van der Waals surface area contributed by atoms with Crippen molar-refractivity contribution in [2.75, 3.05) is 6.61 Å². The number of carbonyl (C=O) groups is 2. The first-order valence-electron chi connectivity index (χ1n) is 13.3. The first kappa shape index (κ1) is 33.2. The zero-order valence-corrected chi connectivity index (χ0v) is 27.0. The van der Waals surface area contributed by atoms with E-state index in [0.29, 0.717) is 19.4 Å². The Balaban J connectivity index is 3.33. The molecule has 0 radical (unpaired) electrons. The molecule has 7 heteroatoms. The van der Waals surface area contributed by atoms with Gasteiger partial charge in [-0.05, 0) is 60.7 Å². The lowest BCUT2D eigenvalue weighted by Crippen LogP contribution is -2.42. The van der Waals surface area contributed by atoms with Crippen molar-refractivity contribution < 1.29 is 23.2 Å². The molecule has 0 saturated carbocycles. The van der Waals surface area contributed by atoms with Crippen LogP contribution in [0.25, 0.3) is 0 Å². The van der Waals surface area contributed by atoms with Gasteiger partial charge in [-0.25, -0.2) is 4.79 Å². The lowest BCUT2D eigenvalue weighted by atomic mass is 10.00. The van der Waals surface area contributed by atoms with Gasteiger partial charge >= 0.3 is 5.97 Å². The summed E-state index contributed by atoms with van der Waals surface area (Å²) < 4.78 is 18.5. The van der Waals surface area contributed by atoms with Crippen LogP contribution in [-0.4, -0.2) is 35.5 Å². The minimum atomic E-state index is -2.08. The summed E-state index contributed by atoms with van der Waals surface area (Å²) in [6.07, 6.45) is 8.50. The van der Waals surface area contributed by atoms with Crippen LogP contribution < -0.4 is 0 Å². The zero-order valence-electron chi connectivity index (χ0n) is 25.0. The van der Waals surface area contributed by atoms with Gasteiger partial charge in [-0.2, -0.15) is 0 Å². The van der Waals surface area contributed by atoms with E-state index in [1.165, 1.54) is 6.08 Å². The van der Waals surface area contributed by atoms with E-state index in [1.54, 1.807) is 13.0 Å². The third-order valence-electron chi connectivity index (χ3n) is 7.57. The lowest BCUT2D eigenvalue weighted by Gasteiger charge is -2.40. The predicted molar refractivity (Wildman–Crippen MR) is 159 cm³/mol. The molecule has 208 valence electrons. The molecule has 0 aromatic heterocycles. The molecule has 1 aromatic rings. The van der Waals surface area contributed by atoms with Gasteiger partial charge in [0.15, 0.2) is 16.6 Å². The van der Waals surface area contributed by atoms with Crippen LogP contribution in [0.3, 0.4) is 0 Å². The Hall–Kier alpha value is -1.81. The molecule has 0 aliphatic heterocycles. The molecule has 0 amide bonds. The second-order valence-corrected chi connectivity index (χ2v) is 22.1. The average Bonchev–Trinajstić information content (AvgIpc) is 2.76. The molecule has 0 bridgehead atoms. The van der Waals surface area contributed by atoms with Gasteiger partial charge in [-0.1, -0.05) is 84.0 Å². The van der Waals surface area contributed by atoms with Crippen molar-refractivity contribution in [2.24, 2.45) is 0 Å². The predicted octanol–water partition coefficient (Wildman–Crippen LogP) is 8.47. The molecular weight excluding hydrogens is 496 g/mol. The lowest BCUT2D eigenvalue weighted by molar-refractivity contribution is -0.137. The number of hydrogen-bond donors (Lipinski definition) is 0. The van der Waals surface area contributed by atoms with E-state index in [1.807, 2.05) is 24.3 Å². The standard InChI is InChI=1S/C30H50O5Si2/c1-12-33-28(32)20-15-13-14-19-26(34-36(8,9)29(2,3)4)24-17-16-18-25(23-24)27(21-22-31)35-37(10,11)30(5,6)7/h13-18,20,22-23,26-27H,12,19,21H2,1-11H3/b14-13+,20-15+/t26-,27+/m0/s1. The van der Waals surface area contributed by atoms with Crippen LogP contribution in [0.5, 0.6) is 0 Å². The summed E-state index contributed by atoms with van der Waals surface area (Å²) in [6.45, 7) is 24.4. The first-order valence-corrected chi connectivity index (χ1v) is 19.2. The highest BCUT2D eigenvalue weighted by Gasteiger charge is 2.40. The van der Waals surface area contributed by atoms with Gasteiger partial charge in [-0.3, -0.25) is 0 Å². The Morgan fingerprint density at radius 1 is 0.865 bits per heavy atom. The number of ether oxygens (including phenoxy) is 1. The highest BCUT2D eigenvalue weighted by atomic mass is 28.4. The molecule has 0 saturated heterocycles. The smallest absolute Gasteiger partial charge is 0.330 e. The zero-order chi connectivity index (χ0) is 28.5. The van der Waals surface area contributed by atoms with Crippen LogP contribution in [0.4, 0.5) is 0 Å². The molecule has 0 heterocycles. The number of aldehydes is 1. The molecule has 5 nitrogen and oxygen atoms in total. The van der Waals surface area contributed by atoms with Crippen molar-refractivity contribution >= 4 is 28.9 Å². The van der Waals surface area contributed by atoms with E-state index < -0.39 is 16.6 Å². The van der Waals surface area contributed by atoms with Crippen molar-refractivity contribution in [3.05, 3.63) is 59.7 Å². The number of carbonyl (C=O) groups excluding carboxylic acids is 2. The maximum absolute atomic E-state index is 11.6. The molecule has 0 spiro atoms. The SMILES string of the molecule is CCOC(=O)/C=C/C=C/C[C@H](O[Si](C)(C)C(C)(C)C)c1cccc([C@@H](CC=O)O[Si](C)(C)C(C)(C)C)c1. The van der Waals surface area contributed by atoms with Crippen molar-refractivity contribution in [2.45, 2.75) is 110 Å². The molecule has 1 aromatic carbocycles. The van der Waals surface area contributed by atoms with Gasteiger partial charge in [0.1, 0.15) is 6.29 Å². The van der Waals surface area contributed by atoms with Crippen molar-refractivity contribution in [3.8, 4) is 0 Å². The Bertz CT molecular complexity index is 936. The summed E-state index contributed by atoms with van der Waals surface area (Å²) in [5.41, 5.74) is 2.07. The minimum absolute atomic E-state index is 0.0432. The van der Waals surface area contributed by atoms with Gasteiger partial charge in [0.05, 0.1) is 18.8 Å². The summed E-state index contributed by atoms with van der Waals surface area (Å²) in [4.78, 5) is 23.2. The Labute approximate surface area is 227 Å². The Kier molecular flexibility index (Phi) is 12.4. The molecule has 0 aliphatic carbocycles. The van der Waals surface area contributed by atoms with Gasteiger partial charge in [0.2, 0.25) is 0 Å². The van der Waals surface area contributed by atoms with Crippen molar-refractivity contribution in [3.63, 3.8) is 0 Å². The highest BCUT2D eigenvalue weighted by Crippen LogP contribution is 2.42. The highest BCUT2D eigenvalue weighted by molar-refractivity contribution is 6.74. The number of benzene rings is 1. The molecule has 0 unspecified atom stereocenters. The third kappa shape index (κ3) is 10.5. The van der Waals surface area contributed by atoms with Crippen molar-refractivity contribution in [1.82, 2.24) is 0 Å². The fourth-order valence-corrected chi connectivity index (χ4v) is 5.82. The van der Waals surface area contributed by atoms with Gasteiger partial charge in [0, 0.05) is 12.5 Å². The van der Waals surface area contributed by atoms with E-state index in [0.717, 1.165) is 17.4 Å². The molecule has 0 aliphatic rings. The fourth-order valence-electron chi connectivity index (χ4n) is 3.22. The van der Waals surface area contributed by atoms with Crippen LogP contribution in [0.15, 0.2) is 48.6 Å². The summed E-state index contributed by atoms with van der Waals surface area (Å²) in [5, 5.41) is 0.101. The maximum Gasteiger partial charge on any atom is 0.330 e. The van der Waals surface area contributed by atoms with Crippen LogP contribution >= 0.6 is 0 Å². The fraction of sp³-hybridized carbons (Fsp3) is 0.600. The van der Waals surface area contributed by atoms with E-state index in [-0.39, 0.29) is 28.3 Å². The summed E-state index contributed by atoms with van der Waals surface area (Å²) >= 11 is 0. The van der Waals surface area contributed by atoms with Crippen LogP contribution in [0.2, 0.25) is 36.3 Å². The van der Waals surface area contributed by atoms with Crippen molar-refractivity contribution in [1.29, 1.82) is 0 Å². The van der Waals surface area contributed by atoms with Crippen LogP contribution in [0, 0.1) is 0 Å². The molecule has 0 fully saturated rings. The average molecular weight is 547 g/mol. The van der Waals surface area contributed by atoms with Gasteiger partial charge in [0.25, 0.3) is 0 Å². The quantitative estimate of drug-likeness (QED) is 0.0816. The van der Waals surface area contributed by atoms with E-state index in [2.05, 4.69) is 79.9 Å². The largest absolute Gasteiger partial charge is 0.463 e. The van der Waals surface area contributed by atoms with E-state index in [9.17, 15) is 9.59 Å². The molecule has 0 N–H and O–H groups in total. The maximum atomic E-state index is 11.6. The van der Waals surface area contributed by atoms with E-state index in [4.69, 9.17) is 13.6 Å². The molecule has 37 heavy (non-hydrogen) atoms. The summed E-state index contributed by atoms with van der Waals surface area (Å²) in [5.74, 6) is -0.350. The monoisotopic (exact) mass is 546 g/mol. The Morgan fingerprint density at radius 3 is 1.78 bits per heavy atom. The van der Waals surface area contributed by atoms with E-state index >= 15 is 0 Å². The second kappa shape index (κ2) is 13.8. The molecule has 1 rings (SSSR count). The van der Waals surface area contributed by atoms with Gasteiger partial charge < -0.3 is 18.4 Å². The normalized spacial score (nSPS) is 15.2. The summed E-state index contributed by atoms with van der Waals surface area (Å²) in [6, 6.07) is 8.31. The minimum Gasteiger partial charge on any atom is -0.463 e. The first-order chi connectivity index (χ1) is 16.9. The number of allylic oxidation sites excluding steroid dienone is 2. The Morgan fingerprint density at radius 2 is 1.35 bits per heavy atom.